The molecular weight excluding hydrogens is 941 g/mol. The van der Waals surface area contributed by atoms with Gasteiger partial charge in [0.05, 0.1) is 49.6 Å². The zero-order chi connectivity index (χ0) is 54.5. The summed E-state index contributed by atoms with van der Waals surface area (Å²) in [5.41, 5.74) is 0.761. The number of nitrogens with zero attached hydrogens (tertiary/aromatic N) is 2. The molecule has 0 saturated carbocycles. The van der Waals surface area contributed by atoms with E-state index < -0.39 is 109 Å². The zero-order valence-corrected chi connectivity index (χ0v) is 46.9. The molecule has 0 unspecified atom stereocenters. The summed E-state index contributed by atoms with van der Waals surface area (Å²) in [5.74, 6) is -2.12. The average molecular weight is 1040 g/mol. The van der Waals surface area contributed by atoms with Gasteiger partial charge in [-0.25, -0.2) is 0 Å². The second kappa shape index (κ2) is 33.0. The van der Waals surface area contributed by atoms with Crippen molar-refractivity contribution in [2.75, 3.05) is 54.6 Å². The molecule has 5 N–H and O–H groups in total. The molecule has 4 aliphatic heterocycles. The van der Waals surface area contributed by atoms with Crippen molar-refractivity contribution in [2.45, 2.75) is 225 Å². The fourth-order valence-electron chi connectivity index (χ4n) is 11.2. The molecule has 0 amide bonds. The Bertz CT molecular complexity index is 1660. The number of piperidine rings is 1. The number of aliphatic hydroxyl groups excluding tert-OH is 4. The summed E-state index contributed by atoms with van der Waals surface area (Å²) in [6.07, 6.45) is 5.68. The highest BCUT2D eigenvalue weighted by Gasteiger charge is 2.48. The van der Waals surface area contributed by atoms with Crippen LogP contribution >= 0.6 is 0 Å². The lowest BCUT2D eigenvalue weighted by atomic mass is 9.79. The predicted octanol–water partition coefficient (Wildman–Crippen LogP) is 6.55. The molecule has 0 bridgehead atoms. The molecule has 0 radical (unpaired) electrons. The third kappa shape index (κ3) is 20.8. The van der Waals surface area contributed by atoms with Crippen LogP contribution in [0.1, 0.15) is 146 Å². The highest BCUT2D eigenvalue weighted by molar-refractivity contribution is 5.91. The minimum absolute atomic E-state index is 0.0427. The Morgan fingerprint density at radius 2 is 1.38 bits per heavy atom. The minimum atomic E-state index is -1.23. The molecule has 0 aromatic rings. The number of rotatable bonds is 20. The summed E-state index contributed by atoms with van der Waals surface area (Å²) in [4.78, 5) is 42.2. The number of carboxylic acid groups (broad SMARTS) is 1. The van der Waals surface area contributed by atoms with E-state index in [1.807, 2.05) is 33.8 Å². The molecule has 17 heteroatoms. The summed E-state index contributed by atoms with van der Waals surface area (Å²) in [7, 11) is 6.54. The summed E-state index contributed by atoms with van der Waals surface area (Å²) in [5, 5.41) is 53.6. The van der Waals surface area contributed by atoms with Crippen LogP contribution in [0.3, 0.4) is 0 Å². The maximum Gasteiger partial charge on any atom is 0.308 e. The van der Waals surface area contributed by atoms with Gasteiger partial charge in [-0.15, -0.1) is 0 Å². The fraction of sp³-hybridized carbons (Fsp3) is 0.875. The third-order valence-electron chi connectivity index (χ3n) is 15.5. The highest BCUT2D eigenvalue weighted by atomic mass is 16.7. The van der Waals surface area contributed by atoms with Crippen molar-refractivity contribution in [3.8, 4) is 0 Å². The number of aliphatic carboxylic acids is 1. The number of likely N-dealkylation sites (N-methyl/N-ethyl adjacent to an activating group) is 1. The van der Waals surface area contributed by atoms with Crippen LogP contribution in [0.2, 0.25) is 0 Å². The van der Waals surface area contributed by atoms with E-state index in [-0.39, 0.29) is 24.7 Å². The van der Waals surface area contributed by atoms with E-state index in [9.17, 15) is 34.8 Å². The number of carbonyl (C=O) groups is 3. The van der Waals surface area contributed by atoms with Crippen LogP contribution in [-0.2, 0) is 47.5 Å². The number of unbranched alkanes of at least 4 members (excludes halogenated alkanes) is 6. The lowest BCUT2D eigenvalue weighted by Gasteiger charge is -2.47. The van der Waals surface area contributed by atoms with E-state index in [1.54, 1.807) is 45.0 Å². The van der Waals surface area contributed by atoms with Crippen LogP contribution in [0.25, 0.3) is 0 Å². The molecule has 3 saturated heterocycles. The van der Waals surface area contributed by atoms with Gasteiger partial charge in [0.15, 0.2) is 18.4 Å². The number of likely N-dealkylation sites (tertiary alicyclic amines) is 1. The summed E-state index contributed by atoms with van der Waals surface area (Å²) in [6.45, 7) is 20.4. The number of ketones is 1. The van der Waals surface area contributed by atoms with E-state index in [0.29, 0.717) is 37.5 Å². The van der Waals surface area contributed by atoms with Gasteiger partial charge in [-0.1, -0.05) is 97.8 Å². The molecule has 19 atom stereocenters. The zero-order valence-electron chi connectivity index (χ0n) is 46.9. The third-order valence-corrected chi connectivity index (χ3v) is 15.5. The van der Waals surface area contributed by atoms with Gasteiger partial charge in [0.25, 0.3) is 0 Å². The number of ether oxygens (including phenoxy) is 7. The number of allylic oxidation sites excluding steroid dienone is 3. The van der Waals surface area contributed by atoms with Gasteiger partial charge in [0, 0.05) is 51.5 Å². The second-order valence-electron chi connectivity index (χ2n) is 22.2. The molecule has 0 aromatic carbocycles. The predicted molar refractivity (Wildman–Crippen MR) is 279 cm³/mol. The largest absolute Gasteiger partial charge is 0.481 e. The first-order valence-corrected chi connectivity index (χ1v) is 27.6. The van der Waals surface area contributed by atoms with E-state index in [1.165, 1.54) is 52.7 Å². The quantitative estimate of drug-likeness (QED) is 0.0644. The molecule has 0 aromatic heterocycles. The number of hydrogen-bond donors (Lipinski definition) is 5. The van der Waals surface area contributed by atoms with E-state index in [0.717, 1.165) is 38.0 Å². The number of esters is 1. The fourth-order valence-corrected chi connectivity index (χ4v) is 11.2. The summed E-state index contributed by atoms with van der Waals surface area (Å²) >= 11 is 0. The average Bonchev–Trinajstić information content (AvgIpc) is 3.33. The van der Waals surface area contributed by atoms with Gasteiger partial charge in [-0.05, 0) is 97.3 Å². The molecule has 4 heterocycles. The van der Waals surface area contributed by atoms with Gasteiger partial charge in [0.1, 0.15) is 30.5 Å². The summed E-state index contributed by atoms with van der Waals surface area (Å²) < 4.78 is 42.6. The lowest BCUT2D eigenvalue weighted by molar-refractivity contribution is -0.304. The number of cyclic esters (lactones) is 1. The van der Waals surface area contributed by atoms with Crippen molar-refractivity contribution in [3.63, 3.8) is 0 Å². The number of hydrogen-bond acceptors (Lipinski definition) is 16. The summed E-state index contributed by atoms with van der Waals surface area (Å²) in [6, 6.07) is -0.684. The Balaban J connectivity index is 0.00000103. The lowest BCUT2D eigenvalue weighted by Crippen LogP contribution is -2.63. The molecule has 73 heavy (non-hydrogen) atoms. The molecule has 4 aliphatic rings. The Morgan fingerprint density at radius 3 is 1.97 bits per heavy atom. The first-order valence-electron chi connectivity index (χ1n) is 27.6. The Labute approximate surface area is 438 Å². The van der Waals surface area contributed by atoms with Crippen LogP contribution in [0.5, 0.6) is 0 Å². The first-order chi connectivity index (χ1) is 34.6. The van der Waals surface area contributed by atoms with Gasteiger partial charge in [-0.3, -0.25) is 14.4 Å². The van der Waals surface area contributed by atoms with Crippen molar-refractivity contribution < 1.29 is 73.1 Å². The molecular formula is C56H100N2O15. The Kier molecular flexibility index (Phi) is 29.4. The molecule has 3 fully saturated rings. The van der Waals surface area contributed by atoms with Gasteiger partial charge in [-0.2, -0.15) is 0 Å². The molecule has 0 spiro atoms. The minimum Gasteiger partial charge on any atom is -0.481 e. The smallest absolute Gasteiger partial charge is 0.308 e. The van der Waals surface area contributed by atoms with Crippen LogP contribution < -0.4 is 0 Å². The number of aliphatic hydroxyl groups is 4. The monoisotopic (exact) mass is 1040 g/mol. The first kappa shape index (κ1) is 64.9. The second-order valence-corrected chi connectivity index (χ2v) is 22.2. The number of carbonyl (C=O) groups excluding carboxylic acids is 2. The van der Waals surface area contributed by atoms with Crippen LogP contribution in [0.4, 0.5) is 0 Å². The maximum atomic E-state index is 14.0. The van der Waals surface area contributed by atoms with Crippen molar-refractivity contribution in [2.24, 2.45) is 35.5 Å². The topological polar surface area (TPSA) is 223 Å². The van der Waals surface area contributed by atoms with Crippen molar-refractivity contribution >= 4 is 17.7 Å². The molecule has 424 valence electrons. The normalized spacial score (nSPS) is 38.7. The standard InChI is InChI=1S/C46H80N2O13.C10H20O2/c1-13-36-33(24-57-46-44(56-12)43(55-11)40(53)31(8)59-46)19-25(2)14-15-34(49)28(5)20-32(16-17-48-22-26(3)18-27(4)23-48)42(29(6)35(50)21-37(51)60-36)61-45-41(54)38(47(9)10)39(52)30(7)58-45;1-2-3-4-5-6-7-8-9-10(11)12/h14-15,19,26-33,35-36,38-46,50,52-54H,13,16-18,20-24H2,1-12H3;2-9H2,1H3,(H,11,12)/b15-14+,25-19+;/t26-,27+,28-,29+,30-,31-,32+,33-,35-,36-,38+,39-,40-,41-,42-,43-,44-,45+,46-;/m1./s1. The van der Waals surface area contributed by atoms with E-state index in [2.05, 4.69) is 25.7 Å². The number of methoxy groups -OCH3 is 2. The molecule has 17 nitrogen and oxygen atoms in total. The van der Waals surface area contributed by atoms with Gasteiger partial charge in [0.2, 0.25) is 0 Å². The molecule has 0 aliphatic carbocycles. The van der Waals surface area contributed by atoms with E-state index >= 15 is 0 Å². The van der Waals surface area contributed by atoms with Crippen LogP contribution in [0.15, 0.2) is 23.8 Å². The maximum absolute atomic E-state index is 14.0. The Hall–Kier alpha value is -2.39. The molecule has 4 rings (SSSR count). The highest BCUT2D eigenvalue weighted by Crippen LogP contribution is 2.36. The van der Waals surface area contributed by atoms with Gasteiger partial charge < -0.3 is 68.5 Å². The Morgan fingerprint density at radius 1 is 0.781 bits per heavy atom. The van der Waals surface area contributed by atoms with Crippen molar-refractivity contribution in [3.05, 3.63) is 23.8 Å². The van der Waals surface area contributed by atoms with Crippen molar-refractivity contribution in [1.82, 2.24) is 9.80 Å². The SMILES string of the molecule is CCCCCCCCCC(=O)O.CC[C@H]1OC(=O)C[C@@H](O)[C@H](C)[C@@H](O[C@@H]2O[C@H](C)[C@@H](O)[C@H](N(C)C)[C@H]2O)[C@@H](CCN2C[C@H](C)C[C@H](C)C2)C[C@@H](C)C(=O)/C=C/C(C)=C/[C@@H]1CO[C@@H]1O[C@H](C)[C@@H](O)[C@@H](OC)[C@H]1OC. The number of carboxylic acids is 1. The van der Waals surface area contributed by atoms with Crippen LogP contribution in [0, 0.1) is 35.5 Å². The van der Waals surface area contributed by atoms with Gasteiger partial charge >= 0.3 is 11.9 Å². The van der Waals surface area contributed by atoms with Crippen molar-refractivity contribution in [1.29, 1.82) is 0 Å². The van der Waals surface area contributed by atoms with Crippen LogP contribution in [-0.4, -0.2) is 187 Å². The van der Waals surface area contributed by atoms with E-state index in [4.69, 9.17) is 38.3 Å².